The lowest BCUT2D eigenvalue weighted by molar-refractivity contribution is -0.142. The van der Waals surface area contributed by atoms with Crippen LogP contribution in [0.4, 0.5) is 0 Å². The predicted octanol–water partition coefficient (Wildman–Crippen LogP) is -0.365. The number of aromatic nitrogens is 1. The third kappa shape index (κ3) is 12.2. The number of hydrogen-bond acceptors (Lipinski definition) is 9. The number of carbonyl (C=O) groups is 6. The zero-order valence-corrected chi connectivity index (χ0v) is 26.8. The van der Waals surface area contributed by atoms with Crippen LogP contribution in [-0.2, 0) is 41.6 Å². The zero-order valence-electron chi connectivity index (χ0n) is 26.8. The van der Waals surface area contributed by atoms with Gasteiger partial charge in [-0.05, 0) is 68.0 Å². The summed E-state index contributed by atoms with van der Waals surface area (Å²) < 4.78 is 0. The molecule has 1 heterocycles. The van der Waals surface area contributed by atoms with Crippen LogP contribution >= 0.6 is 0 Å². The molecule has 0 aliphatic carbocycles. The SMILES string of the molecule is NCCCC[C@H](NC(=O)CNC(=O)[C@H](CCC(=O)O)NC(=O)[C@H](Cc1ccc(O)cc1)NC(=O)[C@@H](N)Cc1c[nH]c2ccccc12)C(=O)O. The summed E-state index contributed by atoms with van der Waals surface area (Å²) in [6.45, 7) is -0.285. The molecule has 4 amide bonds. The first kappa shape index (κ1) is 38.0. The first-order valence-corrected chi connectivity index (χ1v) is 15.8. The number of para-hydroxylation sites is 1. The number of fused-ring (bicyclic) bond motifs is 1. The Bertz CT molecular complexity index is 1610. The van der Waals surface area contributed by atoms with Gasteiger partial charge in [-0.3, -0.25) is 24.0 Å². The fourth-order valence-electron chi connectivity index (χ4n) is 5.08. The summed E-state index contributed by atoms with van der Waals surface area (Å²) in [6.07, 6.45) is 2.09. The normalized spacial score (nSPS) is 13.4. The van der Waals surface area contributed by atoms with E-state index in [4.69, 9.17) is 11.5 Å². The minimum absolute atomic E-state index is 0.0192. The van der Waals surface area contributed by atoms with E-state index < -0.39 is 72.7 Å². The fourth-order valence-corrected chi connectivity index (χ4v) is 5.08. The van der Waals surface area contributed by atoms with Gasteiger partial charge in [-0.25, -0.2) is 4.79 Å². The van der Waals surface area contributed by atoms with Gasteiger partial charge in [-0.1, -0.05) is 30.3 Å². The van der Waals surface area contributed by atoms with Crippen LogP contribution in [0.25, 0.3) is 10.9 Å². The number of phenolic OH excluding ortho intramolecular Hbond substituents is 1. The van der Waals surface area contributed by atoms with Crippen molar-refractivity contribution in [3.63, 3.8) is 0 Å². The van der Waals surface area contributed by atoms with E-state index in [0.29, 0.717) is 24.9 Å². The highest BCUT2D eigenvalue weighted by Gasteiger charge is 2.30. The molecule has 3 aromatic rings. The third-order valence-electron chi connectivity index (χ3n) is 7.74. The molecular weight excluding hydrogens is 638 g/mol. The molecule has 2 aromatic carbocycles. The summed E-state index contributed by atoms with van der Waals surface area (Å²) in [5.41, 5.74) is 13.9. The number of nitrogens with two attached hydrogens (primary N) is 2. The van der Waals surface area contributed by atoms with Gasteiger partial charge in [0.2, 0.25) is 23.6 Å². The Morgan fingerprint density at radius 1 is 0.776 bits per heavy atom. The Kier molecular flexibility index (Phi) is 14.5. The van der Waals surface area contributed by atoms with E-state index in [9.17, 15) is 44.1 Å². The summed E-state index contributed by atoms with van der Waals surface area (Å²) in [5, 5.41) is 38.9. The first-order chi connectivity index (χ1) is 23.4. The van der Waals surface area contributed by atoms with Crippen LogP contribution in [0.15, 0.2) is 54.7 Å². The maximum absolute atomic E-state index is 13.6. The number of carboxylic acid groups (broad SMARTS) is 2. The average molecular weight is 682 g/mol. The molecule has 0 unspecified atom stereocenters. The molecule has 3 rings (SSSR count). The van der Waals surface area contributed by atoms with Gasteiger partial charge < -0.3 is 53.0 Å². The second kappa shape index (κ2) is 18.8. The summed E-state index contributed by atoms with van der Waals surface area (Å²) in [5.74, 6) is -5.72. The molecule has 16 heteroatoms. The van der Waals surface area contributed by atoms with Gasteiger partial charge in [-0.15, -0.1) is 0 Å². The van der Waals surface area contributed by atoms with Crippen LogP contribution in [-0.4, -0.2) is 93.1 Å². The first-order valence-electron chi connectivity index (χ1n) is 15.8. The Balaban J connectivity index is 1.72. The van der Waals surface area contributed by atoms with Crippen LogP contribution < -0.4 is 32.7 Å². The van der Waals surface area contributed by atoms with Crippen molar-refractivity contribution >= 4 is 46.5 Å². The van der Waals surface area contributed by atoms with Gasteiger partial charge in [0, 0.05) is 29.9 Å². The highest BCUT2D eigenvalue weighted by atomic mass is 16.4. The predicted molar refractivity (Wildman–Crippen MR) is 178 cm³/mol. The lowest BCUT2D eigenvalue weighted by atomic mass is 10.0. The van der Waals surface area contributed by atoms with Crippen molar-refractivity contribution < 1.29 is 44.1 Å². The van der Waals surface area contributed by atoms with Crippen LogP contribution in [0.2, 0.25) is 0 Å². The molecule has 0 aliphatic heterocycles. The number of carbonyl (C=O) groups excluding carboxylic acids is 4. The quantitative estimate of drug-likeness (QED) is 0.0687. The van der Waals surface area contributed by atoms with E-state index in [-0.39, 0.29) is 31.4 Å². The highest BCUT2D eigenvalue weighted by molar-refractivity contribution is 5.95. The van der Waals surface area contributed by atoms with E-state index >= 15 is 0 Å². The molecular formula is C33H43N7O9. The molecule has 0 saturated carbocycles. The zero-order chi connectivity index (χ0) is 35.9. The number of aromatic amines is 1. The van der Waals surface area contributed by atoms with Gasteiger partial charge in [-0.2, -0.15) is 0 Å². The van der Waals surface area contributed by atoms with Crippen LogP contribution in [0.5, 0.6) is 5.75 Å². The second-order valence-electron chi connectivity index (χ2n) is 11.6. The molecule has 0 aliphatic rings. The molecule has 0 radical (unpaired) electrons. The van der Waals surface area contributed by atoms with Gasteiger partial charge in [0.25, 0.3) is 0 Å². The van der Waals surface area contributed by atoms with Crippen LogP contribution in [0.1, 0.15) is 43.2 Å². The van der Waals surface area contributed by atoms with Crippen molar-refractivity contribution in [1.82, 2.24) is 26.3 Å². The number of hydrogen-bond donors (Lipinski definition) is 10. The van der Waals surface area contributed by atoms with Crippen molar-refractivity contribution in [1.29, 1.82) is 0 Å². The van der Waals surface area contributed by atoms with Crippen molar-refractivity contribution in [3.05, 3.63) is 65.9 Å². The van der Waals surface area contributed by atoms with Crippen molar-refractivity contribution in [2.24, 2.45) is 11.5 Å². The summed E-state index contributed by atoms with van der Waals surface area (Å²) >= 11 is 0. The number of aliphatic carboxylic acids is 2. The van der Waals surface area contributed by atoms with Crippen molar-refractivity contribution in [2.45, 2.75) is 69.1 Å². The monoisotopic (exact) mass is 681 g/mol. The smallest absolute Gasteiger partial charge is 0.326 e. The number of unbranched alkanes of at least 4 members (excludes halogenated alkanes) is 1. The van der Waals surface area contributed by atoms with Crippen molar-refractivity contribution in [3.8, 4) is 5.75 Å². The number of carboxylic acids is 2. The number of nitrogens with one attached hydrogen (secondary N) is 5. The Morgan fingerprint density at radius 3 is 2.14 bits per heavy atom. The standard InChI is InChI=1S/C33H43N7O9/c34-14-4-3-7-26(33(48)49)38-28(42)18-37-31(46)25(12-13-29(43)44)39-32(47)27(15-19-8-10-21(41)11-9-19)40-30(45)23(35)16-20-17-36-24-6-2-1-5-22(20)24/h1-2,5-6,8-11,17,23,25-27,36,41H,3-4,7,12-16,18,34-35H2,(H,37,46)(H,38,42)(H,39,47)(H,40,45)(H,43,44)(H,48,49)/t23-,25-,26-,27-/m0/s1. The van der Waals surface area contributed by atoms with E-state index in [0.717, 1.165) is 16.5 Å². The summed E-state index contributed by atoms with van der Waals surface area (Å²) in [6, 6.07) is 8.38. The molecule has 0 spiro atoms. The molecule has 264 valence electrons. The largest absolute Gasteiger partial charge is 0.508 e. The lowest BCUT2D eigenvalue weighted by Gasteiger charge is -2.24. The third-order valence-corrected chi connectivity index (χ3v) is 7.74. The van der Waals surface area contributed by atoms with E-state index in [1.807, 2.05) is 24.3 Å². The fraction of sp³-hybridized carbons (Fsp3) is 0.394. The maximum Gasteiger partial charge on any atom is 0.326 e. The van der Waals surface area contributed by atoms with E-state index in [2.05, 4.69) is 26.3 Å². The number of aromatic hydroxyl groups is 1. The number of phenols is 1. The number of benzene rings is 2. The van der Waals surface area contributed by atoms with Crippen molar-refractivity contribution in [2.75, 3.05) is 13.1 Å². The van der Waals surface area contributed by atoms with E-state index in [1.54, 1.807) is 18.3 Å². The molecule has 16 nitrogen and oxygen atoms in total. The molecule has 0 fully saturated rings. The molecule has 0 saturated heterocycles. The average Bonchev–Trinajstić information content (AvgIpc) is 3.47. The van der Waals surface area contributed by atoms with Gasteiger partial charge in [0.05, 0.1) is 12.6 Å². The molecule has 4 atom stereocenters. The van der Waals surface area contributed by atoms with Gasteiger partial charge in [0.15, 0.2) is 0 Å². The Morgan fingerprint density at radius 2 is 1.47 bits per heavy atom. The van der Waals surface area contributed by atoms with Gasteiger partial charge >= 0.3 is 11.9 Å². The van der Waals surface area contributed by atoms with Crippen LogP contribution in [0.3, 0.4) is 0 Å². The number of H-pyrrole nitrogens is 1. The molecule has 1 aromatic heterocycles. The van der Waals surface area contributed by atoms with Gasteiger partial charge in [0.1, 0.15) is 23.9 Å². The number of amides is 4. The molecule has 0 bridgehead atoms. The second-order valence-corrected chi connectivity index (χ2v) is 11.6. The maximum atomic E-state index is 13.6. The summed E-state index contributed by atoms with van der Waals surface area (Å²) in [7, 11) is 0. The Hall–Kier alpha value is -5.48. The number of rotatable bonds is 20. The molecule has 12 N–H and O–H groups in total. The van der Waals surface area contributed by atoms with E-state index in [1.165, 1.54) is 12.1 Å². The minimum Gasteiger partial charge on any atom is -0.508 e. The topological polar surface area (TPSA) is 279 Å². The summed E-state index contributed by atoms with van der Waals surface area (Å²) in [4.78, 5) is 78.4. The molecule has 49 heavy (non-hydrogen) atoms. The minimum atomic E-state index is -1.43. The lowest BCUT2D eigenvalue weighted by Crippen LogP contribution is -2.57. The Labute approximate surface area is 282 Å². The highest BCUT2D eigenvalue weighted by Crippen LogP contribution is 2.19. The van der Waals surface area contributed by atoms with Crippen LogP contribution in [0, 0.1) is 0 Å².